The van der Waals surface area contributed by atoms with Crippen LogP contribution in [0.2, 0.25) is 0 Å². The van der Waals surface area contributed by atoms with Gasteiger partial charge in [0.15, 0.2) is 0 Å². The molecule has 188 valence electrons. The number of carbonyl (C=O) groups excluding carboxylic acids is 3. The highest BCUT2D eigenvalue weighted by molar-refractivity contribution is 6.21. The summed E-state index contributed by atoms with van der Waals surface area (Å²) in [6.07, 6.45) is 2.77. The largest absolute Gasteiger partial charge is 0.369 e. The number of hydrogen-bond donors (Lipinski definition) is 1. The molecule has 3 amide bonds. The summed E-state index contributed by atoms with van der Waals surface area (Å²) < 4.78 is 0. The van der Waals surface area contributed by atoms with Crippen molar-refractivity contribution in [1.82, 2.24) is 9.80 Å². The molecule has 3 aromatic rings. The van der Waals surface area contributed by atoms with Crippen molar-refractivity contribution < 1.29 is 14.4 Å². The van der Waals surface area contributed by atoms with Crippen molar-refractivity contribution in [3.8, 4) is 0 Å². The molecule has 0 atom stereocenters. The average Bonchev–Trinajstić information content (AvgIpc) is 3.72. The molecule has 2 fully saturated rings. The van der Waals surface area contributed by atoms with E-state index in [1.54, 1.807) is 48.5 Å². The van der Waals surface area contributed by atoms with Gasteiger partial charge in [-0.05, 0) is 66.8 Å². The van der Waals surface area contributed by atoms with Gasteiger partial charge in [-0.2, -0.15) is 0 Å². The third kappa shape index (κ3) is 5.00. The Morgan fingerprint density at radius 2 is 1.49 bits per heavy atom. The lowest BCUT2D eigenvalue weighted by Crippen LogP contribution is -2.47. The van der Waals surface area contributed by atoms with Crippen LogP contribution in [-0.2, 0) is 6.54 Å². The number of benzene rings is 3. The molecule has 1 saturated carbocycles. The maximum atomic E-state index is 12.9. The van der Waals surface area contributed by atoms with E-state index in [9.17, 15) is 14.4 Å². The van der Waals surface area contributed by atoms with Crippen molar-refractivity contribution in [2.75, 3.05) is 42.9 Å². The van der Waals surface area contributed by atoms with Gasteiger partial charge in [-0.1, -0.05) is 30.3 Å². The number of nitrogens with zero attached hydrogens (tertiary/aromatic N) is 3. The minimum Gasteiger partial charge on any atom is -0.369 e. The summed E-state index contributed by atoms with van der Waals surface area (Å²) >= 11 is 0. The van der Waals surface area contributed by atoms with E-state index in [-0.39, 0.29) is 24.3 Å². The summed E-state index contributed by atoms with van der Waals surface area (Å²) in [6.45, 7) is 5.57. The molecule has 0 aromatic heterocycles. The molecule has 0 radical (unpaired) electrons. The van der Waals surface area contributed by atoms with Crippen LogP contribution in [0.4, 0.5) is 11.4 Å². The van der Waals surface area contributed by atoms with Crippen LogP contribution in [0, 0.1) is 5.92 Å². The Balaban J connectivity index is 1.06. The standard InChI is InChI=1S/C30H30N4O3/c35-28(31-24-4-3-5-25(18-24)33-16-14-32(15-17-33)19-21-8-9-21)23-12-10-22(11-13-23)20-34-29(36)26-6-1-2-7-27(26)30(34)37/h1-7,10-13,18,21H,8-9,14-17,19-20H2,(H,31,35). The van der Waals surface area contributed by atoms with Gasteiger partial charge in [0.05, 0.1) is 17.7 Å². The van der Waals surface area contributed by atoms with Crippen molar-refractivity contribution in [1.29, 1.82) is 0 Å². The molecule has 1 aliphatic carbocycles. The fraction of sp³-hybridized carbons (Fsp3) is 0.300. The lowest BCUT2D eigenvalue weighted by atomic mass is 10.1. The van der Waals surface area contributed by atoms with E-state index >= 15 is 0 Å². The second-order valence-corrected chi connectivity index (χ2v) is 10.2. The SMILES string of the molecule is O=C(Nc1cccc(N2CCN(CC3CC3)CC2)c1)c1ccc(CN2C(=O)c3ccccc3C2=O)cc1. The molecular weight excluding hydrogens is 464 g/mol. The molecule has 7 nitrogen and oxygen atoms in total. The van der Waals surface area contributed by atoms with Crippen molar-refractivity contribution >= 4 is 29.1 Å². The fourth-order valence-electron chi connectivity index (χ4n) is 5.16. The first-order chi connectivity index (χ1) is 18.0. The van der Waals surface area contributed by atoms with Crippen LogP contribution in [-0.4, -0.2) is 60.2 Å². The molecule has 7 heteroatoms. The van der Waals surface area contributed by atoms with Gasteiger partial charge in [-0.3, -0.25) is 24.2 Å². The quantitative estimate of drug-likeness (QED) is 0.497. The Morgan fingerprint density at radius 3 is 2.14 bits per heavy atom. The highest BCUT2D eigenvalue weighted by Gasteiger charge is 2.35. The lowest BCUT2D eigenvalue weighted by Gasteiger charge is -2.36. The van der Waals surface area contributed by atoms with Gasteiger partial charge in [-0.15, -0.1) is 0 Å². The number of fused-ring (bicyclic) bond motifs is 1. The summed E-state index contributed by atoms with van der Waals surface area (Å²) in [6, 6.07) is 21.9. The molecular formula is C30H30N4O3. The Labute approximate surface area is 216 Å². The predicted octanol–water partition coefficient (Wildman–Crippen LogP) is 4.27. The van der Waals surface area contributed by atoms with Crippen molar-refractivity contribution in [3.63, 3.8) is 0 Å². The number of amides is 3. The molecule has 2 heterocycles. The van der Waals surface area contributed by atoms with E-state index < -0.39 is 0 Å². The molecule has 6 rings (SSSR count). The van der Waals surface area contributed by atoms with Gasteiger partial charge in [0, 0.05) is 49.7 Å². The van der Waals surface area contributed by atoms with Gasteiger partial charge in [0.2, 0.25) is 0 Å². The van der Waals surface area contributed by atoms with Crippen molar-refractivity contribution in [2.45, 2.75) is 19.4 Å². The zero-order valence-electron chi connectivity index (χ0n) is 20.7. The van der Waals surface area contributed by atoms with Gasteiger partial charge in [0.25, 0.3) is 17.7 Å². The molecule has 0 unspecified atom stereocenters. The molecule has 1 N–H and O–H groups in total. The third-order valence-electron chi connectivity index (χ3n) is 7.49. The molecule has 0 bridgehead atoms. The van der Waals surface area contributed by atoms with E-state index in [1.807, 2.05) is 18.2 Å². The molecule has 0 spiro atoms. The monoisotopic (exact) mass is 494 g/mol. The van der Waals surface area contributed by atoms with Gasteiger partial charge < -0.3 is 10.2 Å². The van der Waals surface area contributed by atoms with Crippen LogP contribution in [0.3, 0.4) is 0 Å². The van der Waals surface area contributed by atoms with E-state index in [2.05, 4.69) is 21.2 Å². The Kier molecular flexibility index (Phi) is 6.22. The van der Waals surface area contributed by atoms with E-state index in [0.29, 0.717) is 16.7 Å². The molecule has 3 aromatic carbocycles. The number of carbonyl (C=O) groups is 3. The smallest absolute Gasteiger partial charge is 0.261 e. The van der Waals surface area contributed by atoms with E-state index in [1.165, 1.54) is 24.3 Å². The van der Waals surface area contributed by atoms with Crippen LogP contribution in [0.5, 0.6) is 0 Å². The van der Waals surface area contributed by atoms with Gasteiger partial charge in [0.1, 0.15) is 0 Å². The molecule has 1 saturated heterocycles. The summed E-state index contributed by atoms with van der Waals surface area (Å²) in [5.74, 6) is 0.151. The molecule has 37 heavy (non-hydrogen) atoms. The molecule has 3 aliphatic rings. The van der Waals surface area contributed by atoms with Gasteiger partial charge >= 0.3 is 0 Å². The van der Waals surface area contributed by atoms with E-state index in [0.717, 1.165) is 49.0 Å². The van der Waals surface area contributed by atoms with Crippen LogP contribution in [0.15, 0.2) is 72.8 Å². The highest BCUT2D eigenvalue weighted by atomic mass is 16.2. The normalized spacial score (nSPS) is 17.7. The van der Waals surface area contributed by atoms with E-state index in [4.69, 9.17) is 0 Å². The minimum absolute atomic E-state index is 0.171. The Hall–Kier alpha value is -3.97. The second-order valence-electron chi connectivity index (χ2n) is 10.2. The number of rotatable bonds is 7. The zero-order valence-corrected chi connectivity index (χ0v) is 20.7. The maximum Gasteiger partial charge on any atom is 0.261 e. The fourth-order valence-corrected chi connectivity index (χ4v) is 5.16. The number of nitrogens with one attached hydrogen (secondary N) is 1. The Morgan fingerprint density at radius 1 is 0.811 bits per heavy atom. The Bertz CT molecular complexity index is 1310. The average molecular weight is 495 g/mol. The topological polar surface area (TPSA) is 73.0 Å². The summed E-state index contributed by atoms with van der Waals surface area (Å²) in [5, 5.41) is 3.00. The number of imide groups is 1. The first-order valence-corrected chi connectivity index (χ1v) is 13.0. The molecule has 2 aliphatic heterocycles. The van der Waals surface area contributed by atoms with Crippen molar-refractivity contribution in [2.24, 2.45) is 5.92 Å². The lowest BCUT2D eigenvalue weighted by molar-refractivity contribution is 0.0642. The summed E-state index contributed by atoms with van der Waals surface area (Å²) in [7, 11) is 0. The summed E-state index contributed by atoms with van der Waals surface area (Å²) in [5.41, 5.74) is 4.06. The second kappa shape index (κ2) is 9.82. The van der Waals surface area contributed by atoms with Crippen molar-refractivity contribution in [3.05, 3.63) is 95.1 Å². The number of piperazine rings is 1. The van der Waals surface area contributed by atoms with Crippen LogP contribution in [0.25, 0.3) is 0 Å². The minimum atomic E-state index is -0.286. The highest BCUT2D eigenvalue weighted by Crippen LogP contribution is 2.30. The zero-order chi connectivity index (χ0) is 25.4. The summed E-state index contributed by atoms with van der Waals surface area (Å²) in [4.78, 5) is 44.4. The third-order valence-corrected chi connectivity index (χ3v) is 7.49. The van der Waals surface area contributed by atoms with Crippen LogP contribution < -0.4 is 10.2 Å². The van der Waals surface area contributed by atoms with Gasteiger partial charge in [-0.25, -0.2) is 0 Å². The predicted molar refractivity (Wildman–Crippen MR) is 143 cm³/mol. The number of anilines is 2. The van der Waals surface area contributed by atoms with Crippen LogP contribution >= 0.6 is 0 Å². The maximum absolute atomic E-state index is 12.9. The number of hydrogen-bond acceptors (Lipinski definition) is 5. The van der Waals surface area contributed by atoms with Crippen LogP contribution in [0.1, 0.15) is 49.5 Å². The first-order valence-electron chi connectivity index (χ1n) is 13.0. The first kappa shape index (κ1) is 23.4.